The fraction of sp³-hybridized carbons (Fsp3) is 0.462. The van der Waals surface area contributed by atoms with Gasteiger partial charge in [0.15, 0.2) is 0 Å². The number of aromatic nitrogens is 2. The first-order valence-electron chi connectivity index (χ1n) is 6.40. The molecule has 0 saturated carbocycles. The van der Waals surface area contributed by atoms with Crippen LogP contribution in [0.15, 0.2) is 21.9 Å². The summed E-state index contributed by atoms with van der Waals surface area (Å²) in [6, 6.07) is 0. The van der Waals surface area contributed by atoms with Crippen LogP contribution in [0.3, 0.4) is 0 Å². The lowest BCUT2D eigenvalue weighted by atomic mass is 10.2. The van der Waals surface area contributed by atoms with E-state index in [2.05, 4.69) is 0 Å². The second kappa shape index (κ2) is 6.17. The summed E-state index contributed by atoms with van der Waals surface area (Å²) in [4.78, 5) is 34.5. The van der Waals surface area contributed by atoms with E-state index in [1.807, 2.05) is 0 Å². The molecule has 2 N–H and O–H groups in total. The summed E-state index contributed by atoms with van der Waals surface area (Å²) in [6.07, 6.45) is 1.60. The predicted octanol–water partition coefficient (Wildman–Crippen LogP) is -1.37. The molecule has 0 spiro atoms. The van der Waals surface area contributed by atoms with Crippen LogP contribution in [0.1, 0.15) is 18.2 Å². The molecule has 0 bridgehead atoms. The monoisotopic (exact) mass is 296 g/mol. The quantitative estimate of drug-likeness (QED) is 0.524. The highest BCUT2D eigenvalue weighted by Crippen LogP contribution is 2.27. The Kier molecular flexibility index (Phi) is 4.51. The van der Waals surface area contributed by atoms with E-state index in [9.17, 15) is 19.5 Å². The Bertz CT molecular complexity index is 674. The Labute approximate surface area is 119 Å². The molecule has 1 unspecified atom stereocenters. The second-order valence-corrected chi connectivity index (χ2v) is 4.77. The molecule has 114 valence electrons. The Balaban J connectivity index is 2.49. The minimum Gasteiger partial charge on any atom is -0.394 e. The van der Waals surface area contributed by atoms with E-state index in [1.54, 1.807) is 0 Å². The number of nitrogens with zero attached hydrogens (tertiary/aromatic N) is 2. The molecule has 1 aliphatic heterocycles. The molecular formula is C13H16N2O6. The first kappa shape index (κ1) is 15.4. The molecule has 0 radical (unpaired) electrons. The van der Waals surface area contributed by atoms with Gasteiger partial charge in [-0.1, -0.05) is 0 Å². The summed E-state index contributed by atoms with van der Waals surface area (Å²) in [5, 5.41) is 18.8. The maximum absolute atomic E-state index is 12.3. The van der Waals surface area contributed by atoms with Crippen molar-refractivity contribution < 1.29 is 19.7 Å². The van der Waals surface area contributed by atoms with E-state index < -0.39 is 29.7 Å². The lowest BCUT2D eigenvalue weighted by Gasteiger charge is -2.16. The topological polar surface area (TPSA) is 111 Å². The lowest BCUT2D eigenvalue weighted by Crippen LogP contribution is -2.39. The van der Waals surface area contributed by atoms with Crippen molar-refractivity contribution in [3.05, 3.63) is 38.7 Å². The minimum atomic E-state index is -0.891. The third-order valence-corrected chi connectivity index (χ3v) is 3.32. The maximum atomic E-state index is 12.3. The number of aldehydes is 1. The molecule has 1 aromatic heterocycles. The van der Waals surface area contributed by atoms with Crippen LogP contribution in [0, 0.1) is 6.92 Å². The second-order valence-electron chi connectivity index (χ2n) is 4.77. The van der Waals surface area contributed by atoms with E-state index in [4.69, 9.17) is 9.84 Å². The first-order valence-corrected chi connectivity index (χ1v) is 6.40. The molecule has 8 heteroatoms. The molecular weight excluding hydrogens is 280 g/mol. The zero-order chi connectivity index (χ0) is 15.6. The largest absolute Gasteiger partial charge is 0.394 e. The van der Waals surface area contributed by atoms with Gasteiger partial charge >= 0.3 is 5.69 Å². The van der Waals surface area contributed by atoms with Crippen molar-refractivity contribution in [1.29, 1.82) is 0 Å². The smallest absolute Gasteiger partial charge is 0.337 e. The van der Waals surface area contributed by atoms with E-state index in [1.165, 1.54) is 17.7 Å². The number of aliphatic hydroxyl groups is 2. The minimum absolute atomic E-state index is 0.125. The highest BCUT2D eigenvalue weighted by Gasteiger charge is 2.35. The van der Waals surface area contributed by atoms with Crippen LogP contribution in [0.2, 0.25) is 0 Å². The van der Waals surface area contributed by atoms with Gasteiger partial charge in [0.2, 0.25) is 0 Å². The molecule has 2 heterocycles. The Hall–Kier alpha value is -2.03. The third-order valence-electron chi connectivity index (χ3n) is 3.32. The van der Waals surface area contributed by atoms with E-state index in [0.717, 1.165) is 16.8 Å². The molecule has 1 aliphatic rings. The predicted molar refractivity (Wildman–Crippen MR) is 72.7 cm³/mol. The number of allylic oxidation sites excluding steroid dienone is 1. The molecule has 8 nitrogen and oxygen atoms in total. The summed E-state index contributed by atoms with van der Waals surface area (Å²) in [5.41, 5.74) is -0.929. The molecule has 0 amide bonds. The highest BCUT2D eigenvalue weighted by molar-refractivity contribution is 5.69. The third kappa shape index (κ3) is 2.87. The molecule has 2 rings (SSSR count). The van der Waals surface area contributed by atoms with Crippen LogP contribution in [0.5, 0.6) is 0 Å². The molecule has 3 atom stereocenters. The highest BCUT2D eigenvalue weighted by atomic mass is 16.5. The molecule has 1 aromatic rings. The average Bonchev–Trinajstić information content (AvgIpc) is 2.84. The molecule has 21 heavy (non-hydrogen) atoms. The van der Waals surface area contributed by atoms with Gasteiger partial charge in [0.1, 0.15) is 18.6 Å². The SMILES string of the molecule is Cc1cn([C@H]2CC(O)[C@@H](CO)O2)c(=O)n(C=CC=O)c1=O. The fourth-order valence-corrected chi connectivity index (χ4v) is 2.23. The average molecular weight is 296 g/mol. The van der Waals surface area contributed by atoms with Crippen LogP contribution >= 0.6 is 0 Å². The van der Waals surface area contributed by atoms with Gasteiger partial charge in [0.25, 0.3) is 5.56 Å². The van der Waals surface area contributed by atoms with Crippen molar-refractivity contribution in [3.63, 3.8) is 0 Å². The zero-order valence-electron chi connectivity index (χ0n) is 11.4. The van der Waals surface area contributed by atoms with Crippen molar-refractivity contribution in [2.75, 3.05) is 6.61 Å². The van der Waals surface area contributed by atoms with Crippen LogP contribution in [0.4, 0.5) is 0 Å². The fourth-order valence-electron chi connectivity index (χ4n) is 2.23. The van der Waals surface area contributed by atoms with Crippen molar-refractivity contribution in [1.82, 2.24) is 9.13 Å². The lowest BCUT2D eigenvalue weighted by molar-refractivity contribution is -0.104. The molecule has 0 aliphatic carbocycles. The van der Waals surface area contributed by atoms with Gasteiger partial charge in [0.05, 0.1) is 12.7 Å². The van der Waals surface area contributed by atoms with Crippen LogP contribution < -0.4 is 11.2 Å². The van der Waals surface area contributed by atoms with Crippen LogP contribution in [-0.4, -0.2) is 44.4 Å². The maximum Gasteiger partial charge on any atom is 0.337 e. The zero-order valence-corrected chi connectivity index (χ0v) is 11.4. The number of carbonyl (C=O) groups excluding carboxylic acids is 1. The number of aliphatic hydroxyl groups excluding tert-OH is 2. The molecule has 1 saturated heterocycles. The van der Waals surface area contributed by atoms with E-state index in [-0.39, 0.29) is 18.6 Å². The summed E-state index contributed by atoms with van der Waals surface area (Å²) < 4.78 is 7.37. The summed E-state index contributed by atoms with van der Waals surface area (Å²) in [7, 11) is 0. The molecule has 1 fully saturated rings. The first-order chi connectivity index (χ1) is 9.99. The van der Waals surface area contributed by atoms with E-state index >= 15 is 0 Å². The standard InChI is InChI=1S/C13H16N2O6/c1-8-6-15(11-5-9(18)10(7-17)21-11)13(20)14(12(8)19)3-2-4-16/h2-4,6,9-11,17-18H,5,7H2,1H3/t9?,10-,11-/m1/s1. The van der Waals surface area contributed by atoms with Crippen molar-refractivity contribution >= 4 is 12.5 Å². The number of aryl methyl sites for hydroxylation is 1. The van der Waals surface area contributed by atoms with Gasteiger partial charge in [-0.15, -0.1) is 0 Å². The van der Waals surface area contributed by atoms with Gasteiger partial charge in [-0.25, -0.2) is 9.36 Å². The van der Waals surface area contributed by atoms with Crippen LogP contribution in [-0.2, 0) is 9.53 Å². The Morgan fingerprint density at radius 3 is 2.76 bits per heavy atom. The normalized spacial score (nSPS) is 25.6. The van der Waals surface area contributed by atoms with E-state index in [0.29, 0.717) is 6.29 Å². The number of carbonyl (C=O) groups is 1. The van der Waals surface area contributed by atoms with Gasteiger partial charge in [-0.2, -0.15) is 0 Å². The number of rotatable bonds is 4. The van der Waals surface area contributed by atoms with Crippen molar-refractivity contribution in [2.24, 2.45) is 0 Å². The summed E-state index contributed by atoms with van der Waals surface area (Å²) in [5.74, 6) is 0. The number of hydrogen-bond acceptors (Lipinski definition) is 6. The Morgan fingerprint density at radius 2 is 2.19 bits per heavy atom. The van der Waals surface area contributed by atoms with Crippen molar-refractivity contribution in [2.45, 2.75) is 31.8 Å². The Morgan fingerprint density at radius 1 is 1.48 bits per heavy atom. The molecule has 0 aromatic carbocycles. The van der Waals surface area contributed by atoms with Crippen LogP contribution in [0.25, 0.3) is 6.20 Å². The van der Waals surface area contributed by atoms with Gasteiger partial charge < -0.3 is 14.9 Å². The summed E-state index contributed by atoms with van der Waals surface area (Å²) >= 11 is 0. The van der Waals surface area contributed by atoms with Gasteiger partial charge in [-0.05, 0) is 13.0 Å². The van der Waals surface area contributed by atoms with Crippen molar-refractivity contribution in [3.8, 4) is 0 Å². The summed E-state index contributed by atoms with van der Waals surface area (Å²) in [6.45, 7) is 1.16. The number of ether oxygens (including phenoxy) is 1. The van der Waals surface area contributed by atoms with Gasteiger partial charge in [-0.3, -0.25) is 14.2 Å². The van der Waals surface area contributed by atoms with Gasteiger partial charge in [0, 0.05) is 24.4 Å². The number of hydrogen-bond donors (Lipinski definition) is 2.